The number of rotatable bonds is 4. The summed E-state index contributed by atoms with van der Waals surface area (Å²) < 4.78 is 0. The second-order valence-electron chi connectivity index (χ2n) is 3.99. The van der Waals surface area contributed by atoms with Gasteiger partial charge in [-0.05, 0) is 32.4 Å². The summed E-state index contributed by atoms with van der Waals surface area (Å²) >= 11 is 5.65. The molecule has 0 bridgehead atoms. The van der Waals surface area contributed by atoms with Crippen LogP contribution in [-0.4, -0.2) is 22.3 Å². The van der Waals surface area contributed by atoms with E-state index in [0.29, 0.717) is 11.6 Å². The number of nitrogens with one attached hydrogen (secondary N) is 1. The average Bonchev–Trinajstić information content (AvgIpc) is 2.18. The molecule has 0 unspecified atom stereocenters. The molecule has 15 heavy (non-hydrogen) atoms. The zero-order chi connectivity index (χ0) is 11.3. The lowest BCUT2D eigenvalue weighted by Gasteiger charge is -2.24. The van der Waals surface area contributed by atoms with Crippen LogP contribution in [0.25, 0.3) is 0 Å². The first-order valence-electron chi connectivity index (χ1n) is 4.85. The molecule has 3 nitrogen and oxygen atoms in total. The lowest BCUT2D eigenvalue weighted by molar-refractivity contribution is 0.0906. The number of halogens is 1. The zero-order valence-electron chi connectivity index (χ0n) is 8.96. The fourth-order valence-corrected chi connectivity index (χ4v) is 1.64. The van der Waals surface area contributed by atoms with Gasteiger partial charge in [-0.25, -0.2) is 0 Å². The van der Waals surface area contributed by atoms with Crippen LogP contribution in [0.4, 0.5) is 0 Å². The molecule has 4 heteroatoms. The van der Waals surface area contributed by atoms with Crippen LogP contribution in [0.5, 0.6) is 0 Å². The van der Waals surface area contributed by atoms with Crippen molar-refractivity contribution in [1.82, 2.24) is 10.3 Å². The summed E-state index contributed by atoms with van der Waals surface area (Å²) in [6.07, 6.45) is 2.33. The van der Waals surface area contributed by atoms with Crippen molar-refractivity contribution in [2.24, 2.45) is 0 Å². The SMILES string of the molecule is CC(C)(CCCl)NC(=O)c1ccccn1. The van der Waals surface area contributed by atoms with Gasteiger partial charge in [0.2, 0.25) is 0 Å². The Morgan fingerprint density at radius 1 is 1.53 bits per heavy atom. The minimum atomic E-state index is -0.295. The minimum Gasteiger partial charge on any atom is -0.346 e. The van der Waals surface area contributed by atoms with Crippen LogP contribution in [0.1, 0.15) is 30.8 Å². The van der Waals surface area contributed by atoms with Crippen LogP contribution in [0, 0.1) is 0 Å². The zero-order valence-corrected chi connectivity index (χ0v) is 9.71. The fourth-order valence-electron chi connectivity index (χ4n) is 1.17. The van der Waals surface area contributed by atoms with Gasteiger partial charge in [0, 0.05) is 17.6 Å². The summed E-state index contributed by atoms with van der Waals surface area (Å²) in [7, 11) is 0. The predicted octanol–water partition coefficient (Wildman–Crippen LogP) is 2.22. The molecule has 0 aliphatic heterocycles. The second-order valence-corrected chi connectivity index (χ2v) is 4.37. The minimum absolute atomic E-state index is 0.161. The van der Waals surface area contributed by atoms with Gasteiger partial charge in [0.1, 0.15) is 5.69 Å². The van der Waals surface area contributed by atoms with E-state index in [2.05, 4.69) is 10.3 Å². The number of alkyl halides is 1. The van der Waals surface area contributed by atoms with Crippen LogP contribution >= 0.6 is 11.6 Å². The number of amides is 1. The molecule has 82 valence electrons. The van der Waals surface area contributed by atoms with Crippen molar-refractivity contribution in [2.75, 3.05) is 5.88 Å². The lowest BCUT2D eigenvalue weighted by Crippen LogP contribution is -2.43. The third-order valence-electron chi connectivity index (χ3n) is 2.07. The summed E-state index contributed by atoms with van der Waals surface area (Å²) in [4.78, 5) is 15.7. The van der Waals surface area contributed by atoms with Crippen LogP contribution in [0.3, 0.4) is 0 Å². The normalized spacial score (nSPS) is 11.1. The van der Waals surface area contributed by atoms with Crippen molar-refractivity contribution in [1.29, 1.82) is 0 Å². The summed E-state index contributed by atoms with van der Waals surface area (Å²) in [5.41, 5.74) is 0.135. The molecular formula is C11H15ClN2O. The molecule has 0 radical (unpaired) electrons. The molecule has 0 spiro atoms. The van der Waals surface area contributed by atoms with Crippen LogP contribution in [0.15, 0.2) is 24.4 Å². The molecule has 0 aliphatic rings. The lowest BCUT2D eigenvalue weighted by atomic mass is 10.0. The molecule has 1 aromatic heterocycles. The first-order chi connectivity index (χ1) is 7.05. The molecule has 0 aromatic carbocycles. The van der Waals surface area contributed by atoms with Crippen molar-refractivity contribution in [3.05, 3.63) is 30.1 Å². The molecule has 1 N–H and O–H groups in total. The van der Waals surface area contributed by atoms with Crippen molar-refractivity contribution >= 4 is 17.5 Å². The highest BCUT2D eigenvalue weighted by atomic mass is 35.5. The van der Waals surface area contributed by atoms with Gasteiger partial charge >= 0.3 is 0 Å². The van der Waals surface area contributed by atoms with Gasteiger partial charge in [-0.1, -0.05) is 6.07 Å². The molecule has 1 amide bonds. The first-order valence-corrected chi connectivity index (χ1v) is 5.38. The summed E-state index contributed by atoms with van der Waals surface area (Å²) in [6.45, 7) is 3.88. The van der Waals surface area contributed by atoms with Gasteiger partial charge in [-0.15, -0.1) is 11.6 Å². The second kappa shape index (κ2) is 5.12. The van der Waals surface area contributed by atoms with Gasteiger partial charge in [-0.2, -0.15) is 0 Å². The van der Waals surface area contributed by atoms with E-state index >= 15 is 0 Å². The van der Waals surface area contributed by atoms with Crippen LogP contribution in [0.2, 0.25) is 0 Å². The van der Waals surface area contributed by atoms with Gasteiger partial charge in [0.05, 0.1) is 0 Å². The van der Waals surface area contributed by atoms with E-state index in [-0.39, 0.29) is 11.4 Å². The van der Waals surface area contributed by atoms with Gasteiger partial charge < -0.3 is 5.32 Å². The number of hydrogen-bond donors (Lipinski definition) is 1. The Morgan fingerprint density at radius 2 is 2.27 bits per heavy atom. The monoisotopic (exact) mass is 226 g/mol. The van der Waals surface area contributed by atoms with E-state index in [1.807, 2.05) is 13.8 Å². The predicted molar refractivity (Wildman–Crippen MR) is 61.1 cm³/mol. The van der Waals surface area contributed by atoms with Crippen molar-refractivity contribution in [3.8, 4) is 0 Å². The molecule has 0 saturated carbocycles. The summed E-state index contributed by atoms with van der Waals surface area (Å²) in [6, 6.07) is 5.25. The number of hydrogen-bond acceptors (Lipinski definition) is 2. The van der Waals surface area contributed by atoms with E-state index in [9.17, 15) is 4.79 Å². The number of carbonyl (C=O) groups excluding carboxylic acids is 1. The maximum Gasteiger partial charge on any atom is 0.270 e. The molecule has 0 fully saturated rings. The molecule has 1 rings (SSSR count). The fraction of sp³-hybridized carbons (Fsp3) is 0.455. The highest BCUT2D eigenvalue weighted by molar-refractivity contribution is 6.17. The number of aromatic nitrogens is 1. The van der Waals surface area contributed by atoms with Crippen LogP contribution < -0.4 is 5.32 Å². The third-order valence-corrected chi connectivity index (χ3v) is 2.26. The highest BCUT2D eigenvalue weighted by Crippen LogP contribution is 2.10. The molecule has 1 heterocycles. The van der Waals surface area contributed by atoms with E-state index in [1.165, 1.54) is 0 Å². The van der Waals surface area contributed by atoms with E-state index < -0.39 is 0 Å². The number of nitrogens with zero attached hydrogens (tertiary/aromatic N) is 1. The smallest absolute Gasteiger partial charge is 0.270 e. The highest BCUT2D eigenvalue weighted by Gasteiger charge is 2.20. The Hall–Kier alpha value is -1.09. The van der Waals surface area contributed by atoms with E-state index in [4.69, 9.17) is 11.6 Å². The molecule has 0 aliphatic carbocycles. The average molecular weight is 227 g/mol. The molecule has 1 aromatic rings. The number of carbonyl (C=O) groups is 1. The van der Waals surface area contributed by atoms with Gasteiger partial charge in [0.25, 0.3) is 5.91 Å². The maximum atomic E-state index is 11.7. The Labute approximate surface area is 94.9 Å². The Balaban J connectivity index is 2.64. The number of pyridine rings is 1. The Bertz CT molecular complexity index is 325. The first kappa shape index (κ1) is 12.0. The van der Waals surface area contributed by atoms with Crippen molar-refractivity contribution < 1.29 is 4.79 Å². The largest absolute Gasteiger partial charge is 0.346 e. The van der Waals surface area contributed by atoms with Gasteiger partial charge in [0.15, 0.2) is 0 Å². The standard InChI is InChI=1S/C11H15ClN2O/c1-11(2,6-7-12)14-10(15)9-5-3-4-8-13-9/h3-5,8H,6-7H2,1-2H3,(H,14,15). The van der Waals surface area contributed by atoms with Crippen molar-refractivity contribution in [2.45, 2.75) is 25.8 Å². The summed E-state index contributed by atoms with van der Waals surface area (Å²) in [5, 5.41) is 2.89. The molecule has 0 atom stereocenters. The topological polar surface area (TPSA) is 42.0 Å². The Morgan fingerprint density at radius 3 is 2.80 bits per heavy atom. The summed E-state index contributed by atoms with van der Waals surface area (Å²) in [5.74, 6) is 0.362. The van der Waals surface area contributed by atoms with Gasteiger partial charge in [-0.3, -0.25) is 9.78 Å². The van der Waals surface area contributed by atoms with Crippen LogP contribution in [-0.2, 0) is 0 Å². The molecular weight excluding hydrogens is 212 g/mol. The molecule has 0 saturated heterocycles. The Kier molecular flexibility index (Phi) is 4.09. The third kappa shape index (κ3) is 3.88. The quantitative estimate of drug-likeness (QED) is 0.800. The van der Waals surface area contributed by atoms with E-state index in [1.54, 1.807) is 24.4 Å². The maximum absolute atomic E-state index is 11.7. The van der Waals surface area contributed by atoms with Crippen molar-refractivity contribution in [3.63, 3.8) is 0 Å². The van der Waals surface area contributed by atoms with E-state index in [0.717, 1.165) is 6.42 Å².